The highest BCUT2D eigenvalue weighted by Gasteiger charge is 2.29. The average Bonchev–Trinajstić information content (AvgIpc) is 2.96. The number of hydrogen-bond donors (Lipinski definition) is 4. The van der Waals surface area contributed by atoms with E-state index >= 15 is 0 Å². The van der Waals surface area contributed by atoms with Gasteiger partial charge in [-0.1, -0.05) is 81.7 Å². The van der Waals surface area contributed by atoms with Gasteiger partial charge >= 0.3 is 5.97 Å². The molecule has 0 aliphatic rings. The van der Waals surface area contributed by atoms with Gasteiger partial charge in [-0.15, -0.1) is 0 Å². The van der Waals surface area contributed by atoms with Crippen LogP contribution in [0.4, 0.5) is 0 Å². The first kappa shape index (κ1) is 29.2. The first-order valence-electron chi connectivity index (χ1n) is 12.7. The number of carboxylic acids is 1. The number of aromatic nitrogens is 1. The molecule has 0 fully saturated rings. The minimum atomic E-state index is -1.20. The largest absolute Gasteiger partial charge is 0.480 e. The van der Waals surface area contributed by atoms with E-state index in [1.54, 1.807) is 48.8 Å². The van der Waals surface area contributed by atoms with Crippen LogP contribution in [0, 0.1) is 0 Å². The van der Waals surface area contributed by atoms with Crippen molar-refractivity contribution >= 4 is 49.5 Å². The van der Waals surface area contributed by atoms with Gasteiger partial charge in [0.2, 0.25) is 11.8 Å². The number of carbonyl (C=O) groups is 3. The van der Waals surface area contributed by atoms with Gasteiger partial charge in [-0.25, -0.2) is 4.79 Å². The zero-order chi connectivity index (χ0) is 28.5. The molecule has 0 spiro atoms. The highest BCUT2D eigenvalue weighted by molar-refractivity contribution is 7.13. The van der Waals surface area contributed by atoms with E-state index in [1.807, 2.05) is 42.5 Å². The molecule has 4 atom stereocenters. The van der Waals surface area contributed by atoms with E-state index < -0.39 is 35.9 Å². The van der Waals surface area contributed by atoms with Gasteiger partial charge in [0.15, 0.2) is 0 Å². The molecule has 0 aliphatic heterocycles. The topological polar surface area (TPSA) is 120 Å². The molecular weight excluding hydrogens is 547 g/mol. The van der Waals surface area contributed by atoms with Crippen LogP contribution in [0.15, 0.2) is 91.3 Å². The lowest BCUT2D eigenvalue weighted by Gasteiger charge is -2.24. The third-order valence-electron chi connectivity index (χ3n) is 6.53. The third-order valence-corrected chi connectivity index (χ3v) is 7.19. The smallest absolute Gasteiger partial charge is 0.326 e. The van der Waals surface area contributed by atoms with Crippen molar-refractivity contribution in [3.63, 3.8) is 0 Å². The second-order valence-electron chi connectivity index (χ2n) is 9.46. The van der Waals surface area contributed by atoms with Crippen molar-refractivity contribution in [2.75, 3.05) is 0 Å². The fourth-order valence-corrected chi connectivity index (χ4v) is 4.79. The second kappa shape index (κ2) is 14.0. The minimum absolute atomic E-state index is 0.0499. The van der Waals surface area contributed by atoms with Gasteiger partial charge in [0, 0.05) is 30.3 Å². The van der Waals surface area contributed by atoms with Crippen molar-refractivity contribution in [3.8, 4) is 0 Å². The Bertz CT molecular complexity index is 1470. The normalized spacial score (nSPS) is 13.2. The van der Waals surface area contributed by atoms with Gasteiger partial charge in [-0.3, -0.25) is 19.7 Å². The van der Waals surface area contributed by atoms with E-state index in [4.69, 9.17) is 11.6 Å². The molecule has 206 valence electrons. The van der Waals surface area contributed by atoms with E-state index in [2.05, 4.69) is 30.1 Å². The number of aliphatic carboxylic acids is 1. The summed E-state index contributed by atoms with van der Waals surface area (Å²) in [6, 6.07) is 21.5. The van der Waals surface area contributed by atoms with E-state index in [0.29, 0.717) is 17.0 Å². The fourth-order valence-electron chi connectivity index (χ4n) is 4.39. The lowest BCUT2D eigenvalue weighted by atomic mass is 10.0. The lowest BCUT2D eigenvalue weighted by molar-refractivity contribution is -0.142. The Morgan fingerprint density at radius 2 is 1.38 bits per heavy atom. The van der Waals surface area contributed by atoms with Crippen molar-refractivity contribution in [3.05, 3.63) is 113 Å². The van der Waals surface area contributed by atoms with Crippen molar-refractivity contribution in [2.45, 2.75) is 37.4 Å². The van der Waals surface area contributed by atoms with Gasteiger partial charge in [0.05, 0.1) is 6.04 Å². The van der Waals surface area contributed by atoms with Gasteiger partial charge in [0.25, 0.3) is 0 Å². The maximum Gasteiger partial charge on any atom is 0.326 e. The molecule has 1 unspecified atom stereocenters. The van der Waals surface area contributed by atoms with E-state index in [-0.39, 0.29) is 12.8 Å². The molecule has 0 bridgehead atoms. The average molecular weight is 577 g/mol. The molecule has 1 aromatic heterocycles. The number of benzene rings is 3. The maximum absolute atomic E-state index is 13.4. The van der Waals surface area contributed by atoms with E-state index in [9.17, 15) is 19.5 Å². The molecule has 1 heterocycles. The van der Waals surface area contributed by atoms with Crippen LogP contribution in [0.2, 0.25) is 5.02 Å². The van der Waals surface area contributed by atoms with Gasteiger partial charge in [0.1, 0.15) is 12.1 Å². The summed E-state index contributed by atoms with van der Waals surface area (Å²) in [5.74, 6) is -2.18. The molecule has 4 N–H and O–H groups in total. The summed E-state index contributed by atoms with van der Waals surface area (Å²) in [4.78, 5) is 42.8. The second-order valence-corrected chi connectivity index (χ2v) is 10.2. The minimum Gasteiger partial charge on any atom is -0.480 e. The van der Waals surface area contributed by atoms with Crippen molar-refractivity contribution in [2.24, 2.45) is 0 Å². The zero-order valence-electron chi connectivity index (χ0n) is 21.6. The predicted molar refractivity (Wildman–Crippen MR) is 159 cm³/mol. The summed E-state index contributed by atoms with van der Waals surface area (Å²) in [7, 11) is 2.37. The van der Waals surface area contributed by atoms with Crippen molar-refractivity contribution < 1.29 is 19.5 Å². The summed E-state index contributed by atoms with van der Waals surface area (Å²) >= 11 is 6.02. The number of fused-ring (bicyclic) bond motifs is 1. The first-order valence-corrected chi connectivity index (χ1v) is 13.7. The van der Waals surface area contributed by atoms with Crippen LogP contribution in [-0.4, -0.2) is 46.0 Å². The number of nitrogens with zero attached hydrogens (tertiary/aromatic N) is 1. The van der Waals surface area contributed by atoms with Crippen LogP contribution in [0.25, 0.3) is 10.8 Å². The molecule has 2 amide bonds. The van der Waals surface area contributed by atoms with Crippen LogP contribution in [-0.2, 0) is 33.6 Å². The lowest BCUT2D eigenvalue weighted by Crippen LogP contribution is -2.55. The highest BCUT2D eigenvalue weighted by Crippen LogP contribution is 2.17. The molecule has 0 saturated carbocycles. The predicted octanol–water partition coefficient (Wildman–Crippen LogP) is 3.72. The Morgan fingerprint density at radius 3 is 2.05 bits per heavy atom. The highest BCUT2D eigenvalue weighted by atomic mass is 35.5. The first-order chi connectivity index (χ1) is 19.3. The molecule has 0 radical (unpaired) electrons. The van der Waals surface area contributed by atoms with Crippen LogP contribution < -0.4 is 15.7 Å². The fraction of sp³-hybridized carbons (Fsp3) is 0.200. The molecule has 10 heteroatoms. The van der Waals surface area contributed by atoms with Crippen LogP contribution in [0.3, 0.4) is 0 Å². The number of amides is 2. The summed E-state index contributed by atoms with van der Waals surface area (Å²) in [5, 5.41) is 20.9. The summed E-state index contributed by atoms with van der Waals surface area (Å²) in [6.07, 6.45) is 3.72. The van der Waals surface area contributed by atoms with Crippen molar-refractivity contribution in [1.29, 1.82) is 0 Å². The number of hydrogen-bond acceptors (Lipinski definition) is 5. The Balaban J connectivity index is 1.51. The Hall–Kier alpha value is -3.84. The van der Waals surface area contributed by atoms with Gasteiger partial charge < -0.3 is 15.7 Å². The molecule has 4 aromatic rings. The SMILES string of the molecule is O=C(O)[C@@H](Cc1cccnc1)NC(=O)[C@@H](Cc1ccc(Cl)cc1)NC(=O)[C@@H](Cc1ccc2ccccc2c1)NP. The van der Waals surface area contributed by atoms with E-state index in [1.165, 1.54) is 0 Å². The molecule has 0 aliphatic carbocycles. The number of halogens is 1. The molecule has 0 saturated heterocycles. The number of nitrogens with one attached hydrogen (secondary N) is 3. The quantitative estimate of drug-likeness (QED) is 0.191. The summed E-state index contributed by atoms with van der Waals surface area (Å²) in [5.41, 5.74) is 2.37. The van der Waals surface area contributed by atoms with Gasteiger partial charge in [-0.2, -0.15) is 0 Å². The Kier molecular flexibility index (Phi) is 10.2. The van der Waals surface area contributed by atoms with E-state index in [0.717, 1.165) is 21.9 Å². The zero-order valence-corrected chi connectivity index (χ0v) is 23.5. The van der Waals surface area contributed by atoms with Crippen LogP contribution >= 0.6 is 21.0 Å². The van der Waals surface area contributed by atoms with Crippen molar-refractivity contribution in [1.82, 2.24) is 20.7 Å². The number of carbonyl (C=O) groups excluding carboxylic acids is 2. The summed E-state index contributed by atoms with van der Waals surface area (Å²) in [6.45, 7) is 0. The molecule has 4 rings (SSSR count). The molecule has 8 nitrogen and oxygen atoms in total. The van der Waals surface area contributed by atoms with Crippen LogP contribution in [0.5, 0.6) is 0 Å². The molecular formula is C30H30ClN4O4P. The summed E-state index contributed by atoms with van der Waals surface area (Å²) < 4.78 is 0. The number of carboxylic acid groups (broad SMARTS) is 1. The maximum atomic E-state index is 13.4. The third kappa shape index (κ3) is 8.09. The Labute approximate surface area is 239 Å². The Morgan fingerprint density at radius 1 is 0.750 bits per heavy atom. The molecule has 40 heavy (non-hydrogen) atoms. The number of pyridine rings is 1. The number of rotatable bonds is 12. The molecule has 3 aromatic carbocycles. The van der Waals surface area contributed by atoms with Crippen LogP contribution in [0.1, 0.15) is 16.7 Å². The standard InChI is InChI=1S/C30H30ClN4O4P/c31-24-11-8-19(9-12-24)15-25(28(36)34-27(30(38)39)17-21-4-3-13-32-18-21)33-29(37)26(35-40)16-20-7-10-22-5-1-2-6-23(22)14-20/h1-14,18,25-27,35H,15-17,40H2,(H,33,37)(H,34,36)(H,38,39)/t25-,26-,27-/m1/s1. The monoisotopic (exact) mass is 576 g/mol. The van der Waals surface area contributed by atoms with Gasteiger partial charge in [-0.05, 0) is 52.1 Å².